The second-order valence-corrected chi connectivity index (χ2v) is 5.85. The Morgan fingerprint density at radius 2 is 1.96 bits per heavy atom. The van der Waals surface area contributed by atoms with E-state index in [2.05, 4.69) is 9.97 Å². The van der Waals surface area contributed by atoms with Gasteiger partial charge in [0.2, 0.25) is 0 Å². The Bertz CT molecular complexity index is 683. The molecule has 2 rings (SSSR count). The molecule has 0 saturated heterocycles. The van der Waals surface area contributed by atoms with E-state index in [0.29, 0.717) is 36.8 Å². The average molecular weight is 350 g/mol. The summed E-state index contributed by atoms with van der Waals surface area (Å²) in [6.07, 6.45) is 3.67. The van der Waals surface area contributed by atoms with Gasteiger partial charge in [0.25, 0.3) is 0 Å². The second kappa shape index (κ2) is 8.64. The first kappa shape index (κ1) is 17.4. The number of rotatable bonds is 8. The van der Waals surface area contributed by atoms with Gasteiger partial charge < -0.3 is 9.69 Å². The van der Waals surface area contributed by atoms with Crippen molar-refractivity contribution in [3.63, 3.8) is 0 Å². The zero-order valence-electron chi connectivity index (χ0n) is 12.6. The lowest BCUT2D eigenvalue weighted by atomic mass is 10.2. The quantitative estimate of drug-likeness (QED) is 0.315. The maximum atomic E-state index is 11.4. The molecule has 0 radical (unpaired) electrons. The van der Waals surface area contributed by atoms with E-state index in [4.69, 9.17) is 11.6 Å². The second-order valence-electron chi connectivity index (χ2n) is 4.72. The number of halogens is 1. The molecule has 23 heavy (non-hydrogen) atoms. The Morgan fingerprint density at radius 1 is 1.22 bits per heavy atom. The van der Waals surface area contributed by atoms with Gasteiger partial charge in [-0.15, -0.1) is 0 Å². The van der Waals surface area contributed by atoms with Crippen LogP contribution in [0.3, 0.4) is 0 Å². The number of hydrogen-bond acceptors (Lipinski definition) is 6. The minimum absolute atomic E-state index is 0.124. The van der Waals surface area contributed by atoms with E-state index in [1.165, 1.54) is 11.8 Å². The summed E-state index contributed by atoms with van der Waals surface area (Å²) >= 11 is 7.45. The maximum Gasteiger partial charge on any atom is 0.190 e. The Kier molecular flexibility index (Phi) is 6.55. The van der Waals surface area contributed by atoms with E-state index < -0.39 is 0 Å². The fourth-order valence-corrected chi connectivity index (χ4v) is 2.74. The predicted molar refractivity (Wildman–Crippen MR) is 92.4 cm³/mol. The van der Waals surface area contributed by atoms with Crippen LogP contribution in [-0.4, -0.2) is 35.3 Å². The Balaban J connectivity index is 2.43. The minimum atomic E-state index is 0.124. The fraction of sp³-hybridized carbons (Fsp3) is 0.250. The lowest BCUT2D eigenvalue weighted by molar-refractivity contribution is -0.107. The summed E-state index contributed by atoms with van der Waals surface area (Å²) in [4.78, 5) is 32.6. The smallest absolute Gasteiger partial charge is 0.190 e. The van der Waals surface area contributed by atoms with Crippen LogP contribution >= 0.6 is 23.4 Å². The van der Waals surface area contributed by atoms with Crippen LogP contribution in [0.15, 0.2) is 35.5 Å². The summed E-state index contributed by atoms with van der Waals surface area (Å²) in [6.45, 7) is 0.969. The van der Waals surface area contributed by atoms with Crippen LogP contribution in [0.5, 0.6) is 0 Å². The molecule has 0 aliphatic heterocycles. The number of nitrogens with zero attached hydrogens (tertiary/aromatic N) is 3. The largest absolute Gasteiger partial charge is 0.351 e. The molecule has 0 spiro atoms. The van der Waals surface area contributed by atoms with E-state index in [0.717, 1.165) is 11.8 Å². The Labute approximate surface area is 144 Å². The summed E-state index contributed by atoms with van der Waals surface area (Å²) in [7, 11) is 0. The molecule has 0 N–H and O–H groups in total. The molecule has 0 bridgehead atoms. The van der Waals surface area contributed by atoms with Gasteiger partial charge in [0, 0.05) is 19.5 Å². The average Bonchev–Trinajstić information content (AvgIpc) is 2.58. The van der Waals surface area contributed by atoms with Crippen molar-refractivity contribution in [2.75, 3.05) is 17.7 Å². The monoisotopic (exact) mass is 349 g/mol. The van der Waals surface area contributed by atoms with Crippen LogP contribution in [0.4, 0.5) is 5.82 Å². The number of aldehydes is 2. The van der Waals surface area contributed by atoms with E-state index in [-0.39, 0.29) is 10.7 Å². The fourth-order valence-electron chi connectivity index (χ4n) is 2.12. The van der Waals surface area contributed by atoms with Gasteiger partial charge in [-0.3, -0.25) is 4.79 Å². The van der Waals surface area contributed by atoms with Gasteiger partial charge in [-0.1, -0.05) is 53.7 Å². The number of carbonyl (C=O) groups is 2. The zero-order valence-corrected chi connectivity index (χ0v) is 14.2. The van der Waals surface area contributed by atoms with Crippen LogP contribution < -0.4 is 4.90 Å². The van der Waals surface area contributed by atoms with Gasteiger partial charge in [-0.25, -0.2) is 9.97 Å². The van der Waals surface area contributed by atoms with Crippen LogP contribution in [0, 0.1) is 0 Å². The number of aromatic nitrogens is 2. The van der Waals surface area contributed by atoms with E-state index in [1.54, 1.807) is 0 Å². The van der Waals surface area contributed by atoms with Crippen molar-refractivity contribution >= 4 is 41.8 Å². The molecule has 0 aliphatic carbocycles. The minimum Gasteiger partial charge on any atom is -0.351 e. The first-order valence-electron chi connectivity index (χ1n) is 6.98. The maximum absolute atomic E-state index is 11.4. The topological polar surface area (TPSA) is 63.2 Å². The van der Waals surface area contributed by atoms with Gasteiger partial charge in [0.1, 0.15) is 17.3 Å². The van der Waals surface area contributed by atoms with Crippen molar-refractivity contribution < 1.29 is 9.59 Å². The van der Waals surface area contributed by atoms with E-state index >= 15 is 0 Å². The molecule has 0 aliphatic rings. The zero-order chi connectivity index (χ0) is 16.7. The third kappa shape index (κ3) is 4.53. The van der Waals surface area contributed by atoms with Crippen LogP contribution in [-0.2, 0) is 11.3 Å². The van der Waals surface area contributed by atoms with Crippen molar-refractivity contribution in [2.45, 2.75) is 18.1 Å². The molecule has 7 heteroatoms. The Morgan fingerprint density at radius 3 is 2.57 bits per heavy atom. The molecule has 0 saturated carbocycles. The van der Waals surface area contributed by atoms with Gasteiger partial charge in [-0.05, 0) is 11.8 Å². The van der Waals surface area contributed by atoms with Gasteiger partial charge in [-0.2, -0.15) is 0 Å². The summed E-state index contributed by atoms with van der Waals surface area (Å²) in [5, 5.41) is 0.610. The van der Waals surface area contributed by atoms with Crippen molar-refractivity contribution in [2.24, 2.45) is 0 Å². The normalized spacial score (nSPS) is 10.3. The molecule has 0 atom stereocenters. The molecule has 2 aromatic rings. The van der Waals surface area contributed by atoms with Crippen LogP contribution in [0.2, 0.25) is 5.15 Å². The Hall–Kier alpha value is -1.92. The predicted octanol–water partition coefficient (Wildman–Crippen LogP) is 3.26. The van der Waals surface area contributed by atoms with E-state index in [9.17, 15) is 9.59 Å². The number of anilines is 1. The summed E-state index contributed by atoms with van der Waals surface area (Å²) in [5.41, 5.74) is 1.29. The highest BCUT2D eigenvalue weighted by Gasteiger charge is 2.18. The first-order valence-corrected chi connectivity index (χ1v) is 8.59. The van der Waals surface area contributed by atoms with Crippen LogP contribution in [0.1, 0.15) is 22.3 Å². The highest BCUT2D eigenvalue weighted by atomic mass is 35.5. The lowest BCUT2D eigenvalue weighted by Crippen LogP contribution is -2.27. The third-order valence-corrected chi connectivity index (χ3v) is 4.03. The summed E-state index contributed by atoms with van der Waals surface area (Å²) in [5.74, 6) is 0.454. The van der Waals surface area contributed by atoms with Gasteiger partial charge >= 0.3 is 0 Å². The molecule has 5 nitrogen and oxygen atoms in total. The molecule has 1 aromatic heterocycles. The van der Waals surface area contributed by atoms with Crippen LogP contribution in [0.25, 0.3) is 0 Å². The standard InChI is InChI=1S/C16H16ClN3O2S/c1-23-16-18-14(17)13(11-22)15(19-16)20(8-5-9-21)10-12-6-3-2-4-7-12/h2-4,6-7,9,11H,5,8,10H2,1H3. The molecule has 0 unspecified atom stereocenters. The van der Waals surface area contributed by atoms with Gasteiger partial charge in [0.05, 0.1) is 5.56 Å². The molecule has 0 fully saturated rings. The first-order chi connectivity index (χ1) is 11.2. The molecule has 120 valence electrons. The molecule has 1 heterocycles. The van der Waals surface area contributed by atoms with E-state index in [1.807, 2.05) is 41.5 Å². The number of carbonyl (C=O) groups excluding carboxylic acids is 2. The molecule has 1 aromatic carbocycles. The summed E-state index contributed by atoms with van der Waals surface area (Å²) in [6, 6.07) is 9.77. The lowest BCUT2D eigenvalue weighted by Gasteiger charge is -2.24. The van der Waals surface area contributed by atoms with Crippen molar-refractivity contribution in [3.05, 3.63) is 46.6 Å². The number of thioether (sulfide) groups is 1. The molecule has 0 amide bonds. The highest BCUT2D eigenvalue weighted by Crippen LogP contribution is 2.27. The molecular formula is C16H16ClN3O2S. The van der Waals surface area contributed by atoms with Crippen molar-refractivity contribution in [1.82, 2.24) is 9.97 Å². The van der Waals surface area contributed by atoms with Gasteiger partial charge in [0.15, 0.2) is 11.4 Å². The third-order valence-electron chi connectivity index (χ3n) is 3.19. The number of hydrogen-bond donors (Lipinski definition) is 0. The molecular weight excluding hydrogens is 334 g/mol. The van der Waals surface area contributed by atoms with Crippen molar-refractivity contribution in [3.8, 4) is 0 Å². The number of benzene rings is 1. The highest BCUT2D eigenvalue weighted by molar-refractivity contribution is 7.98. The van der Waals surface area contributed by atoms with Crippen molar-refractivity contribution in [1.29, 1.82) is 0 Å². The summed E-state index contributed by atoms with van der Waals surface area (Å²) < 4.78 is 0. The SMILES string of the molecule is CSc1nc(Cl)c(C=O)c(N(CCC=O)Cc2ccccc2)n1.